The van der Waals surface area contributed by atoms with Gasteiger partial charge in [-0.05, 0) is 35.9 Å². The van der Waals surface area contributed by atoms with Crippen molar-refractivity contribution in [2.24, 2.45) is 0 Å². The van der Waals surface area contributed by atoms with Gasteiger partial charge < -0.3 is 0 Å². The van der Waals surface area contributed by atoms with Crippen LogP contribution in [0.3, 0.4) is 0 Å². The van der Waals surface area contributed by atoms with Gasteiger partial charge in [0.05, 0.1) is 17.7 Å². The lowest BCUT2D eigenvalue weighted by molar-refractivity contribution is 0.0642. The molecule has 0 fully saturated rings. The van der Waals surface area contributed by atoms with Crippen molar-refractivity contribution in [2.75, 3.05) is 0 Å². The molecule has 0 saturated carbocycles. The number of carbonyl (C=O) groups is 3. The van der Waals surface area contributed by atoms with Crippen LogP contribution in [0.2, 0.25) is 0 Å². The van der Waals surface area contributed by atoms with E-state index in [1.807, 2.05) is 0 Å². The third kappa shape index (κ3) is 2.69. The number of rotatable bonds is 4. The summed E-state index contributed by atoms with van der Waals surface area (Å²) in [5, 5.41) is 0. The molecule has 1 aliphatic rings. The van der Waals surface area contributed by atoms with Gasteiger partial charge in [-0.2, -0.15) is 0 Å². The van der Waals surface area contributed by atoms with Crippen LogP contribution in [-0.4, -0.2) is 27.5 Å². The van der Waals surface area contributed by atoms with E-state index in [0.717, 1.165) is 0 Å². The molecular formula is C21H14N2O3. The van der Waals surface area contributed by atoms with E-state index in [2.05, 4.69) is 4.98 Å². The standard InChI is InChI=1S/C21H14N2O3/c24-19(18-10-3-4-11-22-18)15-7-5-6-14(12-15)13-23-20(25)16-8-1-2-9-17(16)21(23)26/h1-12H,13H2. The maximum atomic E-state index is 12.5. The van der Waals surface area contributed by atoms with E-state index in [1.54, 1.807) is 72.9 Å². The molecule has 1 aliphatic heterocycles. The number of amides is 2. The zero-order valence-electron chi connectivity index (χ0n) is 13.8. The highest BCUT2D eigenvalue weighted by molar-refractivity contribution is 6.21. The number of fused-ring (bicyclic) bond motifs is 1. The first-order valence-electron chi connectivity index (χ1n) is 8.15. The van der Waals surface area contributed by atoms with Crippen molar-refractivity contribution in [2.45, 2.75) is 6.54 Å². The summed E-state index contributed by atoms with van der Waals surface area (Å²) < 4.78 is 0. The third-order valence-corrected chi connectivity index (χ3v) is 4.31. The van der Waals surface area contributed by atoms with Crippen molar-refractivity contribution in [3.63, 3.8) is 0 Å². The smallest absolute Gasteiger partial charge is 0.261 e. The van der Waals surface area contributed by atoms with Crippen molar-refractivity contribution in [3.8, 4) is 0 Å². The van der Waals surface area contributed by atoms with Gasteiger partial charge >= 0.3 is 0 Å². The van der Waals surface area contributed by atoms with Crippen LogP contribution in [0.15, 0.2) is 72.9 Å². The summed E-state index contributed by atoms with van der Waals surface area (Å²) in [5.74, 6) is -0.825. The summed E-state index contributed by atoms with van der Waals surface area (Å²) in [6.45, 7) is 0.121. The number of ketones is 1. The number of carbonyl (C=O) groups excluding carboxylic acids is 3. The molecule has 2 amide bonds. The number of imide groups is 1. The van der Waals surface area contributed by atoms with Crippen LogP contribution in [0.1, 0.15) is 42.3 Å². The maximum absolute atomic E-state index is 12.5. The molecule has 2 aromatic carbocycles. The molecule has 126 valence electrons. The molecule has 0 bridgehead atoms. The lowest BCUT2D eigenvalue weighted by atomic mass is 10.0. The highest BCUT2D eigenvalue weighted by Gasteiger charge is 2.34. The van der Waals surface area contributed by atoms with Crippen LogP contribution in [-0.2, 0) is 6.54 Å². The first kappa shape index (κ1) is 15.9. The van der Waals surface area contributed by atoms with Crippen molar-refractivity contribution in [1.29, 1.82) is 0 Å². The van der Waals surface area contributed by atoms with Gasteiger partial charge in [-0.15, -0.1) is 0 Å². The molecule has 0 atom stereocenters. The summed E-state index contributed by atoms with van der Waals surface area (Å²) in [7, 11) is 0. The summed E-state index contributed by atoms with van der Waals surface area (Å²) in [6.07, 6.45) is 1.57. The van der Waals surface area contributed by atoms with E-state index in [1.165, 1.54) is 4.90 Å². The highest BCUT2D eigenvalue weighted by Crippen LogP contribution is 2.24. The Balaban J connectivity index is 1.60. The average Bonchev–Trinajstić information content (AvgIpc) is 2.93. The van der Waals surface area contributed by atoms with Gasteiger partial charge in [-0.25, -0.2) is 0 Å². The van der Waals surface area contributed by atoms with Crippen LogP contribution >= 0.6 is 0 Å². The molecule has 5 heteroatoms. The van der Waals surface area contributed by atoms with E-state index in [9.17, 15) is 14.4 Å². The quantitative estimate of drug-likeness (QED) is 0.540. The number of hydrogen-bond donors (Lipinski definition) is 0. The topological polar surface area (TPSA) is 67.3 Å². The molecule has 4 rings (SSSR count). The third-order valence-electron chi connectivity index (χ3n) is 4.31. The van der Waals surface area contributed by atoms with Gasteiger partial charge in [-0.3, -0.25) is 24.3 Å². The van der Waals surface area contributed by atoms with E-state index in [4.69, 9.17) is 0 Å². The SMILES string of the molecule is O=C(c1cccc(CN2C(=O)c3ccccc3C2=O)c1)c1ccccn1. The molecule has 3 aromatic rings. The lowest BCUT2D eigenvalue weighted by Gasteiger charge is -2.14. The van der Waals surface area contributed by atoms with Crippen LogP contribution in [0.25, 0.3) is 0 Å². The molecule has 0 unspecified atom stereocenters. The fourth-order valence-electron chi connectivity index (χ4n) is 3.02. The fraction of sp³-hybridized carbons (Fsp3) is 0.0476. The second-order valence-corrected chi connectivity index (χ2v) is 5.99. The van der Waals surface area contributed by atoms with Crippen molar-refractivity contribution in [1.82, 2.24) is 9.88 Å². The lowest BCUT2D eigenvalue weighted by Crippen LogP contribution is -2.29. The summed E-state index contributed by atoms with van der Waals surface area (Å²) in [4.78, 5) is 42.8. The molecule has 0 aliphatic carbocycles. The summed E-state index contributed by atoms with van der Waals surface area (Å²) >= 11 is 0. The Kier molecular flexibility index (Phi) is 3.89. The molecule has 2 heterocycles. The minimum absolute atomic E-state index is 0.121. The van der Waals surface area contributed by atoms with Gasteiger partial charge in [0.1, 0.15) is 5.69 Å². The van der Waals surface area contributed by atoms with Gasteiger partial charge in [-0.1, -0.05) is 36.4 Å². The Morgan fingerprint density at radius 3 is 2.19 bits per heavy atom. The molecule has 5 nitrogen and oxygen atoms in total. The first-order chi connectivity index (χ1) is 12.6. The summed E-state index contributed by atoms with van der Waals surface area (Å²) in [5.41, 5.74) is 2.36. The van der Waals surface area contributed by atoms with Gasteiger partial charge in [0, 0.05) is 11.8 Å². The van der Waals surface area contributed by atoms with E-state index < -0.39 is 0 Å². The minimum atomic E-state index is -0.313. The highest BCUT2D eigenvalue weighted by atomic mass is 16.2. The van der Waals surface area contributed by atoms with Crippen molar-refractivity contribution in [3.05, 3.63) is 101 Å². The number of nitrogens with zero attached hydrogens (tertiary/aromatic N) is 2. The van der Waals surface area contributed by atoms with Crippen LogP contribution in [0.4, 0.5) is 0 Å². The Hall–Kier alpha value is -3.60. The first-order valence-corrected chi connectivity index (χ1v) is 8.15. The Bertz CT molecular complexity index is 993. The molecule has 1 aromatic heterocycles. The summed E-state index contributed by atoms with van der Waals surface area (Å²) in [6, 6.07) is 18.8. The molecule has 0 radical (unpaired) electrons. The zero-order valence-corrected chi connectivity index (χ0v) is 13.8. The predicted molar refractivity (Wildman–Crippen MR) is 94.8 cm³/mol. The number of benzene rings is 2. The Labute approximate surface area is 149 Å². The van der Waals surface area contributed by atoms with Crippen molar-refractivity contribution >= 4 is 17.6 Å². The van der Waals surface area contributed by atoms with Crippen LogP contribution in [0.5, 0.6) is 0 Å². The molecule has 26 heavy (non-hydrogen) atoms. The molecule has 0 N–H and O–H groups in total. The minimum Gasteiger partial charge on any atom is -0.287 e. The second kappa shape index (κ2) is 6.37. The Morgan fingerprint density at radius 1 is 0.846 bits per heavy atom. The second-order valence-electron chi connectivity index (χ2n) is 5.99. The normalized spacial score (nSPS) is 13.0. The van der Waals surface area contributed by atoms with E-state index >= 15 is 0 Å². The Morgan fingerprint density at radius 2 is 1.54 bits per heavy atom. The van der Waals surface area contributed by atoms with Gasteiger partial charge in [0.2, 0.25) is 5.78 Å². The fourth-order valence-corrected chi connectivity index (χ4v) is 3.02. The molecular weight excluding hydrogens is 328 g/mol. The largest absolute Gasteiger partial charge is 0.287 e. The van der Waals surface area contributed by atoms with Gasteiger partial charge in [0.25, 0.3) is 11.8 Å². The van der Waals surface area contributed by atoms with Crippen molar-refractivity contribution < 1.29 is 14.4 Å². The van der Waals surface area contributed by atoms with Gasteiger partial charge in [0.15, 0.2) is 0 Å². The van der Waals surface area contributed by atoms with E-state index in [-0.39, 0.29) is 24.1 Å². The monoisotopic (exact) mass is 342 g/mol. The number of hydrogen-bond acceptors (Lipinski definition) is 4. The zero-order chi connectivity index (χ0) is 18.1. The predicted octanol–water partition coefficient (Wildman–Crippen LogP) is 3.11. The van der Waals surface area contributed by atoms with Crippen LogP contribution in [0, 0.1) is 0 Å². The molecule has 0 saturated heterocycles. The number of aromatic nitrogens is 1. The van der Waals surface area contributed by atoms with E-state index in [0.29, 0.717) is 27.9 Å². The molecule has 0 spiro atoms. The maximum Gasteiger partial charge on any atom is 0.261 e. The van der Waals surface area contributed by atoms with Crippen LogP contribution < -0.4 is 0 Å². The average molecular weight is 342 g/mol. The number of pyridine rings is 1.